The zero-order chi connectivity index (χ0) is 6.69. The number of allylic oxidation sites excluding steroid dienone is 4. The van der Waals surface area contributed by atoms with E-state index in [1.807, 2.05) is 17.5 Å². The quantitative estimate of drug-likeness (QED) is 0.718. The molecule has 0 atom stereocenters. The molecule has 0 N–H and O–H groups in total. The summed E-state index contributed by atoms with van der Waals surface area (Å²) >= 11 is -1.83. The molecule has 0 bridgehead atoms. The van der Waals surface area contributed by atoms with Crippen LogP contribution in [0.1, 0.15) is 0 Å². The predicted octanol–water partition coefficient (Wildman–Crippen LogP) is 2.25. The van der Waals surface area contributed by atoms with Crippen LogP contribution < -0.4 is 0 Å². The van der Waals surface area contributed by atoms with Gasteiger partial charge in [-0.2, -0.15) is 0 Å². The van der Waals surface area contributed by atoms with E-state index in [1.165, 1.54) is 0 Å². The molecule has 3 heteroatoms. The van der Waals surface area contributed by atoms with Crippen molar-refractivity contribution in [2.24, 2.45) is 3.74 Å². The van der Waals surface area contributed by atoms with E-state index >= 15 is 0 Å². The van der Waals surface area contributed by atoms with Crippen LogP contribution in [0.2, 0.25) is 9.62 Å². The molecular formula is C6H8NOW. The van der Waals surface area contributed by atoms with Crippen LogP contribution in [0, 0.1) is 4.91 Å². The average Bonchev–Trinajstić information content (AvgIpc) is 2.37. The maximum atomic E-state index is 10.1. The van der Waals surface area contributed by atoms with E-state index in [0.717, 1.165) is 0 Å². The van der Waals surface area contributed by atoms with Gasteiger partial charge in [0.25, 0.3) is 0 Å². The van der Waals surface area contributed by atoms with Crippen molar-refractivity contribution in [2.75, 3.05) is 0 Å². The molecule has 0 saturated carbocycles. The molecule has 0 aliphatic heterocycles. The van der Waals surface area contributed by atoms with Crippen LogP contribution in [-0.2, 0) is 17.6 Å². The first kappa shape index (κ1) is 6.88. The minimum atomic E-state index is -1.83. The van der Waals surface area contributed by atoms with Crippen molar-refractivity contribution in [3.05, 3.63) is 29.2 Å². The van der Waals surface area contributed by atoms with E-state index < -0.39 is 17.6 Å². The van der Waals surface area contributed by atoms with E-state index in [9.17, 15) is 4.91 Å². The number of nitrogens with zero attached hydrogens (tertiary/aromatic N) is 1. The van der Waals surface area contributed by atoms with Gasteiger partial charge in [-0.15, -0.1) is 0 Å². The number of nitroso groups, excluding NO2 is 1. The van der Waals surface area contributed by atoms with Crippen LogP contribution in [-0.4, -0.2) is 0 Å². The molecule has 9 heavy (non-hydrogen) atoms. The first-order chi connectivity index (χ1) is 4.34. The standard InChI is InChI=1S/C5H5.CH3.NO.W/c1-2-4-5-3-1;;1-2;/h1-5H;1H3;;/q;;-1;+1. The van der Waals surface area contributed by atoms with Crippen LogP contribution >= 0.6 is 0 Å². The molecule has 0 aromatic heterocycles. The number of hydrogen-bond acceptors (Lipinski definition) is 2. The van der Waals surface area contributed by atoms with Crippen molar-refractivity contribution in [3.63, 3.8) is 0 Å². The molecule has 0 unspecified atom stereocenters. The second kappa shape index (κ2) is 3.07. The van der Waals surface area contributed by atoms with Crippen molar-refractivity contribution < 1.29 is 17.6 Å². The van der Waals surface area contributed by atoms with Crippen molar-refractivity contribution in [2.45, 2.75) is 9.62 Å². The Morgan fingerprint density at radius 3 is 2.44 bits per heavy atom. The van der Waals surface area contributed by atoms with Gasteiger partial charge in [0.1, 0.15) is 0 Å². The number of rotatable bonds is 2. The number of hydrogen-bond donors (Lipinski definition) is 0. The molecule has 49 valence electrons. The van der Waals surface area contributed by atoms with Gasteiger partial charge in [0.2, 0.25) is 0 Å². The Labute approximate surface area is 60.5 Å². The third-order valence-corrected chi connectivity index (χ3v) is 6.03. The molecule has 0 aromatic rings. The molecule has 1 rings (SSSR count). The van der Waals surface area contributed by atoms with Crippen LogP contribution in [0.5, 0.6) is 0 Å². The van der Waals surface area contributed by atoms with E-state index in [0.29, 0.717) is 4.31 Å². The second-order valence-corrected chi connectivity index (χ2v) is 8.09. The molecule has 0 amide bonds. The van der Waals surface area contributed by atoms with Gasteiger partial charge in [0.15, 0.2) is 0 Å². The van der Waals surface area contributed by atoms with E-state index in [1.54, 1.807) is 0 Å². The van der Waals surface area contributed by atoms with E-state index in [2.05, 4.69) is 15.9 Å². The van der Waals surface area contributed by atoms with Gasteiger partial charge in [-0.3, -0.25) is 0 Å². The minimum absolute atomic E-state index is 0.433. The second-order valence-electron chi connectivity index (χ2n) is 1.83. The molecule has 0 spiro atoms. The normalized spacial score (nSPS) is 17.6. The summed E-state index contributed by atoms with van der Waals surface area (Å²) in [6.07, 6.45) is 8.10. The molecular weight excluding hydrogens is 286 g/mol. The summed E-state index contributed by atoms with van der Waals surface area (Å²) in [6, 6.07) is 0. The molecule has 0 saturated heterocycles. The van der Waals surface area contributed by atoms with Gasteiger partial charge in [-0.25, -0.2) is 0 Å². The summed E-state index contributed by atoms with van der Waals surface area (Å²) in [5, 5.41) is 2.01. The van der Waals surface area contributed by atoms with Gasteiger partial charge >= 0.3 is 60.1 Å². The van der Waals surface area contributed by atoms with E-state index in [-0.39, 0.29) is 0 Å². The zero-order valence-electron chi connectivity index (χ0n) is 5.15. The van der Waals surface area contributed by atoms with E-state index in [4.69, 9.17) is 0 Å². The third-order valence-electron chi connectivity index (χ3n) is 1.22. The Bertz CT molecular complexity index is 152. The first-order valence-corrected chi connectivity index (χ1v) is 8.61. The summed E-state index contributed by atoms with van der Waals surface area (Å²) in [6.45, 7) is 0. The van der Waals surface area contributed by atoms with Crippen molar-refractivity contribution in [3.8, 4) is 0 Å². The fourth-order valence-corrected chi connectivity index (χ4v) is 3.33. The van der Waals surface area contributed by atoms with Crippen LogP contribution in [0.25, 0.3) is 0 Å². The summed E-state index contributed by atoms with van der Waals surface area (Å²) < 4.78 is 3.55. The average molecular weight is 294 g/mol. The SMILES string of the molecule is [CH3][W]([N]=O)[CH]1C=CC=C1. The Morgan fingerprint density at radius 1 is 1.44 bits per heavy atom. The Kier molecular flexibility index (Phi) is 2.35. The summed E-state index contributed by atoms with van der Waals surface area (Å²) in [5.74, 6) is 0. The fourth-order valence-electron chi connectivity index (χ4n) is 0.689. The monoisotopic (exact) mass is 294 g/mol. The fraction of sp³-hybridized carbons (Fsp3) is 0.333. The predicted molar refractivity (Wildman–Crippen MR) is 33.7 cm³/mol. The molecule has 1 aliphatic carbocycles. The van der Waals surface area contributed by atoms with Gasteiger partial charge in [-0.1, -0.05) is 0 Å². The molecule has 0 heterocycles. The van der Waals surface area contributed by atoms with Crippen molar-refractivity contribution in [1.82, 2.24) is 0 Å². The molecule has 2 nitrogen and oxygen atoms in total. The Balaban J connectivity index is 2.52. The van der Waals surface area contributed by atoms with Crippen molar-refractivity contribution >= 4 is 0 Å². The molecule has 1 aliphatic rings. The first-order valence-electron chi connectivity index (χ1n) is 2.68. The van der Waals surface area contributed by atoms with Gasteiger partial charge < -0.3 is 0 Å². The third kappa shape index (κ3) is 1.59. The van der Waals surface area contributed by atoms with Crippen LogP contribution in [0.3, 0.4) is 0 Å². The summed E-state index contributed by atoms with van der Waals surface area (Å²) in [7, 11) is 0. The molecule has 0 aromatic carbocycles. The van der Waals surface area contributed by atoms with Crippen LogP contribution in [0.15, 0.2) is 28.0 Å². The molecule has 0 radical (unpaired) electrons. The zero-order valence-corrected chi connectivity index (χ0v) is 8.08. The van der Waals surface area contributed by atoms with Crippen molar-refractivity contribution in [1.29, 1.82) is 0 Å². The topological polar surface area (TPSA) is 29.4 Å². The van der Waals surface area contributed by atoms with Gasteiger partial charge in [0, 0.05) is 0 Å². The Hall–Kier alpha value is -0.232. The van der Waals surface area contributed by atoms with Gasteiger partial charge in [0.05, 0.1) is 0 Å². The molecule has 0 fully saturated rings. The Morgan fingerprint density at radius 2 is 2.00 bits per heavy atom. The van der Waals surface area contributed by atoms with Gasteiger partial charge in [-0.05, 0) is 0 Å². The maximum absolute atomic E-state index is 10.1. The summed E-state index contributed by atoms with van der Waals surface area (Å²) in [5.41, 5.74) is 0. The van der Waals surface area contributed by atoms with Crippen LogP contribution in [0.4, 0.5) is 0 Å². The summed E-state index contributed by atoms with van der Waals surface area (Å²) in [4.78, 5) is 10.1.